The maximum Gasteiger partial charge on any atom is 0.212 e. The van der Waals surface area contributed by atoms with E-state index in [-0.39, 0.29) is 0 Å². The van der Waals surface area contributed by atoms with Crippen LogP contribution in [-0.4, -0.2) is 4.98 Å². The van der Waals surface area contributed by atoms with Gasteiger partial charge < -0.3 is 4.98 Å². The number of para-hydroxylation sites is 1. The zero-order valence-electron chi connectivity index (χ0n) is 9.20. The van der Waals surface area contributed by atoms with Gasteiger partial charge in [-0.2, -0.15) is 0 Å². The number of pyridine rings is 1. The third-order valence-electron chi connectivity index (χ3n) is 3.29. The van der Waals surface area contributed by atoms with Crippen molar-refractivity contribution in [2.75, 3.05) is 0 Å². The number of H-pyrrole nitrogens is 2. The van der Waals surface area contributed by atoms with E-state index in [1.165, 1.54) is 27.2 Å². The van der Waals surface area contributed by atoms with Crippen LogP contribution >= 0.6 is 0 Å². The molecule has 4 aromatic rings. The Morgan fingerprint density at radius 2 is 1.76 bits per heavy atom. The zero-order chi connectivity index (χ0) is 11.2. The molecule has 4 rings (SSSR count). The second kappa shape index (κ2) is 3.08. The van der Waals surface area contributed by atoms with Gasteiger partial charge in [0.1, 0.15) is 0 Å². The number of nitrogens with one attached hydrogen (secondary N) is 2. The van der Waals surface area contributed by atoms with E-state index in [0.29, 0.717) is 0 Å². The molecule has 0 saturated carbocycles. The van der Waals surface area contributed by atoms with E-state index in [1.54, 1.807) is 0 Å². The quantitative estimate of drug-likeness (QED) is 0.470. The lowest BCUT2D eigenvalue weighted by Gasteiger charge is -1.93. The van der Waals surface area contributed by atoms with Crippen molar-refractivity contribution < 1.29 is 4.98 Å². The van der Waals surface area contributed by atoms with Crippen LogP contribution in [0.3, 0.4) is 0 Å². The second-order valence-corrected chi connectivity index (χ2v) is 4.33. The van der Waals surface area contributed by atoms with Crippen LogP contribution < -0.4 is 4.98 Å². The van der Waals surface area contributed by atoms with Gasteiger partial charge in [0.05, 0.1) is 5.52 Å². The van der Waals surface area contributed by atoms with Gasteiger partial charge in [0, 0.05) is 33.8 Å². The Morgan fingerprint density at radius 3 is 2.76 bits per heavy atom. The van der Waals surface area contributed by atoms with Crippen LogP contribution in [0.4, 0.5) is 0 Å². The fourth-order valence-electron chi connectivity index (χ4n) is 2.47. The lowest BCUT2D eigenvalue weighted by Crippen LogP contribution is -2.00. The molecule has 0 unspecified atom stereocenters. The first-order valence-corrected chi connectivity index (χ1v) is 5.73. The molecule has 17 heavy (non-hydrogen) atoms. The Bertz CT molecular complexity index is 837. The molecule has 0 aliphatic rings. The van der Waals surface area contributed by atoms with Gasteiger partial charge in [0.15, 0.2) is 6.20 Å². The zero-order valence-corrected chi connectivity index (χ0v) is 9.20. The number of rotatable bonds is 0. The molecule has 80 valence electrons. The second-order valence-electron chi connectivity index (χ2n) is 4.33. The van der Waals surface area contributed by atoms with Gasteiger partial charge in [0.25, 0.3) is 0 Å². The van der Waals surface area contributed by atoms with Crippen molar-refractivity contribution >= 4 is 32.7 Å². The van der Waals surface area contributed by atoms with E-state index in [9.17, 15) is 0 Å². The van der Waals surface area contributed by atoms with Crippen molar-refractivity contribution in [1.29, 1.82) is 0 Å². The van der Waals surface area contributed by atoms with E-state index in [1.807, 2.05) is 12.3 Å². The molecule has 2 N–H and O–H groups in total. The maximum atomic E-state index is 3.45. The first kappa shape index (κ1) is 8.76. The first-order chi connectivity index (χ1) is 8.42. The van der Waals surface area contributed by atoms with Crippen LogP contribution in [0.15, 0.2) is 54.7 Å². The average molecular weight is 219 g/mol. The highest BCUT2D eigenvalue weighted by atomic mass is 14.7. The van der Waals surface area contributed by atoms with Crippen LogP contribution in [0.1, 0.15) is 0 Å². The van der Waals surface area contributed by atoms with E-state index in [2.05, 4.69) is 52.4 Å². The van der Waals surface area contributed by atoms with E-state index < -0.39 is 0 Å². The highest BCUT2D eigenvalue weighted by molar-refractivity contribution is 6.10. The minimum atomic E-state index is 1.16. The largest absolute Gasteiger partial charge is 0.354 e. The van der Waals surface area contributed by atoms with Crippen LogP contribution in [0.2, 0.25) is 0 Å². The minimum absolute atomic E-state index is 1.16. The fourth-order valence-corrected chi connectivity index (χ4v) is 2.47. The molecule has 2 aromatic carbocycles. The summed E-state index contributed by atoms with van der Waals surface area (Å²) in [5.41, 5.74) is 3.53. The third kappa shape index (κ3) is 1.18. The van der Waals surface area contributed by atoms with Crippen LogP contribution in [0, 0.1) is 0 Å². The molecule has 0 aliphatic heterocycles. The molecule has 0 fully saturated rings. The van der Waals surface area contributed by atoms with Crippen molar-refractivity contribution in [2.24, 2.45) is 0 Å². The standard InChI is InChI=1S/C15H10N2/c1-2-6-13-11(5-1)12-8-10-4-3-7-16-14(10)9-15(12)17-13/h1-9,17H/p+1. The number of hydrogen-bond donors (Lipinski definition) is 1. The number of benzene rings is 2. The minimum Gasteiger partial charge on any atom is -0.354 e. The summed E-state index contributed by atoms with van der Waals surface area (Å²) in [6.45, 7) is 0. The number of fused-ring (bicyclic) bond motifs is 4. The van der Waals surface area contributed by atoms with Crippen molar-refractivity contribution in [1.82, 2.24) is 4.98 Å². The lowest BCUT2D eigenvalue weighted by atomic mass is 10.1. The molecule has 0 amide bonds. The summed E-state index contributed by atoms with van der Waals surface area (Å²) < 4.78 is 0. The molecule has 2 aromatic heterocycles. The Labute approximate surface area is 97.9 Å². The smallest absolute Gasteiger partial charge is 0.212 e. The molecule has 0 saturated heterocycles. The summed E-state index contributed by atoms with van der Waals surface area (Å²) in [7, 11) is 0. The van der Waals surface area contributed by atoms with Gasteiger partial charge in [-0.05, 0) is 18.2 Å². The normalized spacial score (nSPS) is 11.5. The van der Waals surface area contributed by atoms with Gasteiger partial charge in [-0.3, -0.25) is 0 Å². The van der Waals surface area contributed by atoms with E-state index in [4.69, 9.17) is 0 Å². The van der Waals surface area contributed by atoms with Crippen LogP contribution in [-0.2, 0) is 0 Å². The summed E-state index contributed by atoms with van der Waals surface area (Å²) in [6, 6.07) is 17.0. The van der Waals surface area contributed by atoms with Gasteiger partial charge in [0.2, 0.25) is 5.52 Å². The van der Waals surface area contributed by atoms with Crippen molar-refractivity contribution in [3.8, 4) is 0 Å². The summed E-state index contributed by atoms with van der Waals surface area (Å²) in [4.78, 5) is 6.72. The number of aromatic amines is 2. The van der Waals surface area contributed by atoms with Crippen molar-refractivity contribution in [2.45, 2.75) is 0 Å². The summed E-state index contributed by atoms with van der Waals surface area (Å²) in [6.07, 6.45) is 1.96. The molecule has 2 nitrogen and oxygen atoms in total. The topological polar surface area (TPSA) is 29.9 Å². The lowest BCUT2D eigenvalue weighted by molar-refractivity contribution is -0.344. The summed E-state index contributed by atoms with van der Waals surface area (Å²) in [5.74, 6) is 0. The first-order valence-electron chi connectivity index (χ1n) is 5.73. The van der Waals surface area contributed by atoms with Gasteiger partial charge in [-0.1, -0.05) is 18.2 Å². The Balaban J connectivity index is 2.28. The van der Waals surface area contributed by atoms with Crippen molar-refractivity contribution in [3.63, 3.8) is 0 Å². The molecule has 0 aliphatic carbocycles. The average Bonchev–Trinajstić information content (AvgIpc) is 2.73. The Kier molecular flexibility index (Phi) is 1.59. The van der Waals surface area contributed by atoms with E-state index in [0.717, 1.165) is 5.52 Å². The highest BCUT2D eigenvalue weighted by Crippen LogP contribution is 2.27. The third-order valence-corrected chi connectivity index (χ3v) is 3.29. The molecular weight excluding hydrogens is 208 g/mol. The SMILES string of the molecule is c1c[nH+]c2cc3[nH]c4ccccc4c3cc2c1. The Morgan fingerprint density at radius 1 is 0.824 bits per heavy atom. The van der Waals surface area contributed by atoms with Crippen molar-refractivity contribution in [3.05, 3.63) is 54.7 Å². The summed E-state index contributed by atoms with van der Waals surface area (Å²) in [5, 5.41) is 3.81. The molecule has 0 bridgehead atoms. The predicted octanol–water partition coefficient (Wildman–Crippen LogP) is 3.29. The Hall–Kier alpha value is -2.35. The summed E-state index contributed by atoms with van der Waals surface area (Å²) >= 11 is 0. The molecule has 2 heterocycles. The molecule has 0 spiro atoms. The highest BCUT2D eigenvalue weighted by Gasteiger charge is 2.07. The van der Waals surface area contributed by atoms with Gasteiger partial charge in [-0.15, -0.1) is 0 Å². The van der Waals surface area contributed by atoms with Crippen LogP contribution in [0.25, 0.3) is 32.7 Å². The predicted molar refractivity (Wildman–Crippen MR) is 69.9 cm³/mol. The molecular formula is C15H11N2+. The van der Waals surface area contributed by atoms with E-state index >= 15 is 0 Å². The maximum absolute atomic E-state index is 3.45. The fraction of sp³-hybridized carbons (Fsp3) is 0. The monoisotopic (exact) mass is 219 g/mol. The molecule has 0 atom stereocenters. The van der Waals surface area contributed by atoms with Crippen LogP contribution in [0.5, 0.6) is 0 Å². The number of hydrogen-bond acceptors (Lipinski definition) is 0. The molecule has 2 heteroatoms. The number of aromatic nitrogens is 2. The van der Waals surface area contributed by atoms with Gasteiger partial charge >= 0.3 is 0 Å². The van der Waals surface area contributed by atoms with Gasteiger partial charge in [-0.25, -0.2) is 4.98 Å². The molecule has 0 radical (unpaired) electrons.